The molecule has 1 aliphatic carbocycles. The smallest absolute Gasteiger partial charge is 0.329 e. The van der Waals surface area contributed by atoms with Crippen LogP contribution in [0.5, 0.6) is 5.75 Å². The zero-order valence-corrected chi connectivity index (χ0v) is 55.2. The van der Waals surface area contributed by atoms with Crippen LogP contribution in [0.3, 0.4) is 0 Å². The molecular weight excluding hydrogens is 1160 g/mol. The molecule has 1 aromatic heterocycles. The van der Waals surface area contributed by atoms with Gasteiger partial charge in [-0.2, -0.15) is 0 Å². The molecular formula is C72H98N2O17. The lowest BCUT2D eigenvalue weighted by Crippen LogP contribution is -2.61. The zero-order valence-electron chi connectivity index (χ0n) is 55.2. The number of allylic oxidation sites excluding steroid dienone is 7. The van der Waals surface area contributed by atoms with Crippen molar-refractivity contribution in [2.24, 2.45) is 35.5 Å². The summed E-state index contributed by atoms with van der Waals surface area (Å²) in [7, 11) is 6.07. The number of benzene rings is 2. The van der Waals surface area contributed by atoms with Crippen LogP contribution in [0.2, 0.25) is 0 Å². The molecule has 0 unspecified atom stereocenters. The fourth-order valence-corrected chi connectivity index (χ4v) is 13.2. The number of esters is 1. The fraction of sp³-hybridized carbons (Fsp3) is 0.569. The molecule has 2 aromatic carbocycles. The Bertz CT molecular complexity index is 3160. The zero-order chi connectivity index (χ0) is 66.9. The van der Waals surface area contributed by atoms with Gasteiger partial charge in [0.15, 0.2) is 5.78 Å². The topological polar surface area (TPSA) is 264 Å². The molecule has 19 heteroatoms. The molecule has 4 heterocycles. The quantitative estimate of drug-likeness (QED) is 0.0602. The van der Waals surface area contributed by atoms with Gasteiger partial charge in [0.1, 0.15) is 35.9 Å². The van der Waals surface area contributed by atoms with E-state index in [9.17, 15) is 54.0 Å². The van der Waals surface area contributed by atoms with E-state index in [1.807, 2.05) is 88.4 Å². The second-order valence-electron chi connectivity index (χ2n) is 25.5. The average Bonchev–Trinajstić information content (AvgIpc) is 1.83. The van der Waals surface area contributed by atoms with Crippen LogP contribution in [0.4, 0.5) is 0 Å². The summed E-state index contributed by atoms with van der Waals surface area (Å²) in [5, 5.41) is 43.8. The highest BCUT2D eigenvalue weighted by Crippen LogP contribution is 2.38. The van der Waals surface area contributed by atoms with Crippen molar-refractivity contribution in [2.75, 3.05) is 35.0 Å². The van der Waals surface area contributed by atoms with E-state index in [1.165, 1.54) is 18.1 Å². The van der Waals surface area contributed by atoms with Crippen LogP contribution < -0.4 is 4.74 Å². The first kappa shape index (κ1) is 73.3. The predicted octanol–water partition coefficient (Wildman–Crippen LogP) is 10.1. The molecule has 3 aromatic rings. The van der Waals surface area contributed by atoms with E-state index in [0.29, 0.717) is 91.3 Å². The molecule has 1 saturated carbocycles. The van der Waals surface area contributed by atoms with Crippen molar-refractivity contribution in [3.8, 4) is 5.75 Å². The van der Waals surface area contributed by atoms with Gasteiger partial charge in [-0.05, 0) is 149 Å². The number of rotatable bonds is 11. The number of amides is 1. The van der Waals surface area contributed by atoms with Gasteiger partial charge >= 0.3 is 11.9 Å². The number of Topliss-reactive ketones (excluding diaryl/α,β-unsaturated/α-hetero) is 3. The summed E-state index contributed by atoms with van der Waals surface area (Å²) < 4.78 is 36.2. The van der Waals surface area contributed by atoms with E-state index in [1.54, 1.807) is 83.9 Å². The molecule has 3 fully saturated rings. The Morgan fingerprint density at radius 1 is 0.824 bits per heavy atom. The molecule has 1 amide bonds. The third-order valence-corrected chi connectivity index (χ3v) is 18.8. The Kier molecular flexibility index (Phi) is 27.6. The molecule has 498 valence electrons. The number of fused-ring (bicyclic) bond motifs is 4. The Morgan fingerprint density at radius 2 is 1.55 bits per heavy atom. The van der Waals surface area contributed by atoms with E-state index in [-0.39, 0.29) is 67.1 Å². The van der Waals surface area contributed by atoms with Crippen molar-refractivity contribution in [3.63, 3.8) is 0 Å². The first-order chi connectivity index (χ1) is 43.3. The molecule has 2 saturated heterocycles. The number of carboxylic acids is 1. The Hall–Kier alpha value is -6.71. The molecule has 3 aliphatic heterocycles. The minimum atomic E-state index is -2.43. The molecule has 4 N–H and O–H groups in total. The standard InChI is InChI=1S/C51H79NO13.C21H19NO4/c1-30-16-12-11-13-17-31(2)42(61-8)28-38-21-19-36(7)51(60,65-38)48(57)49(58)52-23-15-14-18-39(52)50(59)64-43(33(4)26-37-20-22-40(53)44(27-37)62-9)29-41(54)32(3)25-35(6)46(56)47(63-10)45(55)34(5)24-30;1-14-17(13-21(24)25)18-12-16(26-2)9-10-19(18)22(14)20(23)11-8-15-6-4-3-5-7-15/h11-13,16-17,25,30,32-34,36-40,42-44,46-47,53,56,60H,14-15,18-24,26-29H2,1-10H3;3-12H,13H2,1-2H3,(H,24,25)/b13-11+,16-12+,31-17+,35-25+;11-8+/t30-,32-,33-,34-,36-,37+,38+,39+,40-,42+,43+,44-,46-,47+,51-;/m1./s1. The SMILES string of the molecule is CO[C@H]1C[C@@H]2CC[C@@H](C)[C@@](O)(O2)C(=O)C(=O)N2CCCC[C@H]2C(=O)O[C@H]([C@H](C)C[C@@H]2CC[C@@H](O)[C@H](OC)C2)CC(=O)[C@H](C)/C=C(\C)[C@@H](O)[C@@H](OC)C(=O)[C@H](C)C[C@H](C)/C=C/C=C/C=C/1C.COc1ccc2c(c1)c(CC(=O)O)c(C)n2C(=O)/C=C/c1ccccc1. The number of carbonyl (C=O) groups is 7. The summed E-state index contributed by atoms with van der Waals surface area (Å²) in [6, 6.07) is 13.7. The fourth-order valence-electron chi connectivity index (χ4n) is 13.2. The highest BCUT2D eigenvalue weighted by atomic mass is 16.6. The van der Waals surface area contributed by atoms with Gasteiger partial charge in [-0.15, -0.1) is 0 Å². The summed E-state index contributed by atoms with van der Waals surface area (Å²) in [4.78, 5) is 95.8. The number of cyclic esters (lactones) is 1. The van der Waals surface area contributed by atoms with Crippen molar-refractivity contribution in [1.82, 2.24) is 9.47 Å². The number of ketones is 3. The molecule has 0 radical (unpaired) electrons. The maximum absolute atomic E-state index is 14.4. The van der Waals surface area contributed by atoms with Crippen LogP contribution >= 0.6 is 0 Å². The lowest BCUT2D eigenvalue weighted by Gasteiger charge is -2.42. The van der Waals surface area contributed by atoms with Crippen molar-refractivity contribution < 1.29 is 82.4 Å². The van der Waals surface area contributed by atoms with Gasteiger partial charge in [-0.1, -0.05) is 101 Å². The maximum atomic E-state index is 14.4. The van der Waals surface area contributed by atoms with E-state index >= 15 is 0 Å². The molecule has 19 nitrogen and oxygen atoms in total. The van der Waals surface area contributed by atoms with Crippen LogP contribution in [0.15, 0.2) is 102 Å². The first-order valence-corrected chi connectivity index (χ1v) is 32.1. The van der Waals surface area contributed by atoms with Crippen molar-refractivity contribution in [1.29, 1.82) is 0 Å². The van der Waals surface area contributed by atoms with Crippen LogP contribution in [0.1, 0.15) is 147 Å². The second kappa shape index (κ2) is 34.3. The summed E-state index contributed by atoms with van der Waals surface area (Å²) >= 11 is 0. The number of methoxy groups -OCH3 is 4. The average molecular weight is 1260 g/mol. The largest absolute Gasteiger partial charge is 0.497 e. The number of ether oxygens (including phenoxy) is 6. The summed E-state index contributed by atoms with van der Waals surface area (Å²) in [6.07, 6.45) is 14.3. The number of nitrogens with zero attached hydrogens (tertiary/aromatic N) is 2. The number of aliphatic hydroxyl groups excluding tert-OH is 2. The van der Waals surface area contributed by atoms with Gasteiger partial charge in [0, 0.05) is 75.6 Å². The van der Waals surface area contributed by atoms with Crippen molar-refractivity contribution in [3.05, 3.63) is 119 Å². The lowest BCUT2D eigenvalue weighted by atomic mass is 9.78. The molecule has 7 rings (SSSR count). The predicted molar refractivity (Wildman–Crippen MR) is 346 cm³/mol. The summed E-state index contributed by atoms with van der Waals surface area (Å²) in [5.41, 5.74) is 4.10. The molecule has 91 heavy (non-hydrogen) atoms. The number of hydrogen-bond acceptors (Lipinski definition) is 16. The monoisotopic (exact) mass is 1260 g/mol. The highest BCUT2D eigenvalue weighted by Gasteiger charge is 2.53. The number of carbonyl (C=O) groups excluding carboxylic acids is 6. The van der Waals surface area contributed by atoms with Crippen LogP contribution in [-0.2, 0) is 58.9 Å². The number of aliphatic hydroxyl groups is 3. The Morgan fingerprint density at radius 3 is 2.22 bits per heavy atom. The van der Waals surface area contributed by atoms with E-state index in [2.05, 4.69) is 0 Å². The van der Waals surface area contributed by atoms with Gasteiger partial charge in [0.05, 0.1) is 43.5 Å². The Balaban J connectivity index is 0.000000418. The van der Waals surface area contributed by atoms with E-state index in [4.69, 9.17) is 28.4 Å². The molecule has 15 atom stereocenters. The van der Waals surface area contributed by atoms with Crippen LogP contribution in [0, 0.1) is 42.4 Å². The Labute approximate surface area is 536 Å². The number of hydrogen-bond donors (Lipinski definition) is 4. The third-order valence-electron chi connectivity index (χ3n) is 18.8. The van der Waals surface area contributed by atoms with Crippen LogP contribution in [0.25, 0.3) is 17.0 Å². The van der Waals surface area contributed by atoms with Crippen molar-refractivity contribution >= 4 is 58.1 Å². The number of piperidine rings is 1. The number of aliphatic carboxylic acids is 1. The second-order valence-corrected chi connectivity index (χ2v) is 25.5. The van der Waals surface area contributed by atoms with Crippen LogP contribution in [-0.4, -0.2) is 161 Å². The number of aromatic nitrogens is 1. The van der Waals surface area contributed by atoms with Gasteiger partial charge in [-0.25, -0.2) is 4.79 Å². The van der Waals surface area contributed by atoms with E-state index in [0.717, 1.165) is 17.6 Å². The van der Waals surface area contributed by atoms with Gasteiger partial charge in [0.25, 0.3) is 17.6 Å². The third kappa shape index (κ3) is 19.2. The van der Waals surface area contributed by atoms with Gasteiger partial charge in [-0.3, -0.25) is 33.3 Å². The first-order valence-electron chi connectivity index (χ1n) is 32.1. The minimum Gasteiger partial charge on any atom is -0.497 e. The summed E-state index contributed by atoms with van der Waals surface area (Å²) in [6.45, 7) is 14.5. The van der Waals surface area contributed by atoms with E-state index < -0.39 is 89.8 Å². The van der Waals surface area contributed by atoms with Gasteiger partial charge < -0.3 is 53.7 Å². The summed E-state index contributed by atoms with van der Waals surface area (Å²) in [5.74, 6) is -8.51. The maximum Gasteiger partial charge on any atom is 0.329 e. The van der Waals surface area contributed by atoms with Gasteiger partial charge in [0.2, 0.25) is 5.79 Å². The minimum absolute atomic E-state index is 0.0193. The highest BCUT2D eigenvalue weighted by molar-refractivity contribution is 6.39. The number of carboxylic acid groups (broad SMARTS) is 1. The molecule has 2 bridgehead atoms. The molecule has 4 aliphatic rings. The lowest BCUT2D eigenvalue weighted by molar-refractivity contribution is -0.265. The van der Waals surface area contributed by atoms with Crippen molar-refractivity contribution in [2.45, 2.75) is 193 Å². The molecule has 0 spiro atoms. The normalized spacial score (nSPS) is 32.1.